The minimum atomic E-state index is 0.577. The van der Waals surface area contributed by atoms with E-state index in [4.69, 9.17) is 19.4 Å². The topological polar surface area (TPSA) is 61.2 Å². The second-order valence-electron chi connectivity index (χ2n) is 13.6. The smallest absolute Gasteiger partial charge is 0.238 e. The monoisotopic (exact) mass is 681 g/mol. The SMILES string of the molecule is c1ccc(-c2nc(-c3cccc4oc5ccccc5c34)nc(-n3c4ccc5sc6ccc7c8ccccc8n8c9cccc3c9c4c5c6c78)n2)cc1. The maximum atomic E-state index is 6.30. The number of rotatable bonds is 3. The molecule has 0 spiro atoms. The Morgan fingerprint density at radius 2 is 1.15 bits per heavy atom. The Hall–Kier alpha value is -6.83. The first-order chi connectivity index (χ1) is 25.8. The van der Waals surface area contributed by atoms with Crippen LogP contribution in [0.15, 0.2) is 144 Å². The van der Waals surface area contributed by atoms with Crippen LogP contribution in [0.1, 0.15) is 0 Å². The van der Waals surface area contributed by atoms with Gasteiger partial charge in [-0.3, -0.25) is 4.57 Å². The molecule has 0 unspecified atom stereocenters. The zero-order valence-corrected chi connectivity index (χ0v) is 28.1. The summed E-state index contributed by atoms with van der Waals surface area (Å²) in [4.78, 5) is 15.8. The molecule has 6 nitrogen and oxygen atoms in total. The van der Waals surface area contributed by atoms with Crippen LogP contribution in [-0.4, -0.2) is 23.9 Å². The Morgan fingerprint density at radius 3 is 2.10 bits per heavy atom. The van der Waals surface area contributed by atoms with Crippen molar-refractivity contribution in [3.8, 4) is 28.7 Å². The van der Waals surface area contributed by atoms with Crippen LogP contribution in [0.4, 0.5) is 0 Å². The van der Waals surface area contributed by atoms with Crippen LogP contribution in [0.2, 0.25) is 0 Å². The van der Waals surface area contributed by atoms with Gasteiger partial charge in [0.15, 0.2) is 11.6 Å². The van der Waals surface area contributed by atoms with Crippen molar-refractivity contribution in [3.63, 3.8) is 0 Å². The minimum Gasteiger partial charge on any atom is -0.456 e. The lowest BCUT2D eigenvalue weighted by molar-refractivity contribution is 0.669. The van der Waals surface area contributed by atoms with Gasteiger partial charge in [0, 0.05) is 63.6 Å². The molecule has 7 aromatic carbocycles. The van der Waals surface area contributed by atoms with Crippen molar-refractivity contribution in [3.05, 3.63) is 140 Å². The van der Waals surface area contributed by atoms with Crippen LogP contribution < -0.4 is 0 Å². The van der Waals surface area contributed by atoms with Crippen molar-refractivity contribution < 1.29 is 4.42 Å². The number of hydrogen-bond acceptors (Lipinski definition) is 5. The fourth-order valence-electron chi connectivity index (χ4n) is 8.84. The summed E-state index contributed by atoms with van der Waals surface area (Å²) in [5.74, 6) is 1.79. The summed E-state index contributed by atoms with van der Waals surface area (Å²) in [6, 6.07) is 49.0. The van der Waals surface area contributed by atoms with Crippen LogP contribution in [-0.2, 0) is 0 Å². The average Bonchev–Trinajstić information content (AvgIpc) is 3.93. The molecule has 0 aliphatic carbocycles. The van der Waals surface area contributed by atoms with Gasteiger partial charge in [-0.1, -0.05) is 91.0 Å². The van der Waals surface area contributed by atoms with E-state index in [2.05, 4.69) is 100.0 Å². The van der Waals surface area contributed by atoms with Crippen molar-refractivity contribution >= 4 is 103 Å². The Kier molecular flexibility index (Phi) is 4.92. The predicted molar refractivity (Wildman–Crippen MR) is 214 cm³/mol. The maximum absolute atomic E-state index is 6.30. The molecular formula is C45H23N5OS. The summed E-state index contributed by atoms with van der Waals surface area (Å²) in [5.41, 5.74) is 9.26. The number of furan rings is 1. The number of nitrogens with zero attached hydrogens (tertiary/aromatic N) is 5. The molecule has 0 amide bonds. The summed E-state index contributed by atoms with van der Waals surface area (Å²) in [5, 5.41) is 9.63. The molecule has 0 fully saturated rings. The average molecular weight is 682 g/mol. The highest BCUT2D eigenvalue weighted by Gasteiger charge is 2.27. The summed E-state index contributed by atoms with van der Waals surface area (Å²) < 4.78 is 13.6. The van der Waals surface area contributed by atoms with Crippen LogP contribution in [0.25, 0.3) is 120 Å². The molecule has 0 N–H and O–H groups in total. The van der Waals surface area contributed by atoms with Crippen molar-refractivity contribution in [1.29, 1.82) is 0 Å². The number of thiophene rings is 1. The molecule has 0 aliphatic rings. The van der Waals surface area contributed by atoms with Crippen molar-refractivity contribution in [2.24, 2.45) is 0 Å². The fraction of sp³-hybridized carbons (Fsp3) is 0. The van der Waals surface area contributed by atoms with E-state index in [0.717, 1.165) is 44.1 Å². The molecule has 0 saturated carbocycles. The van der Waals surface area contributed by atoms with E-state index < -0.39 is 0 Å². The Balaban J connectivity index is 1.21. The van der Waals surface area contributed by atoms with Gasteiger partial charge < -0.3 is 8.82 Å². The Morgan fingerprint density at radius 1 is 0.442 bits per heavy atom. The summed E-state index contributed by atoms with van der Waals surface area (Å²) in [6.07, 6.45) is 0. The number of aromatic nitrogens is 5. The van der Waals surface area contributed by atoms with Gasteiger partial charge in [-0.15, -0.1) is 11.3 Å². The molecule has 240 valence electrons. The first kappa shape index (κ1) is 27.0. The van der Waals surface area contributed by atoms with Crippen LogP contribution in [0, 0.1) is 0 Å². The van der Waals surface area contributed by atoms with Gasteiger partial charge in [-0.25, -0.2) is 4.98 Å². The van der Waals surface area contributed by atoms with Crippen molar-refractivity contribution in [1.82, 2.24) is 23.9 Å². The van der Waals surface area contributed by atoms with Crippen LogP contribution >= 0.6 is 11.3 Å². The van der Waals surface area contributed by atoms with Gasteiger partial charge in [0.05, 0.1) is 27.6 Å². The summed E-state index contributed by atoms with van der Waals surface area (Å²) >= 11 is 1.87. The van der Waals surface area contributed by atoms with E-state index in [1.54, 1.807) is 0 Å². The van der Waals surface area contributed by atoms with Gasteiger partial charge >= 0.3 is 0 Å². The lowest BCUT2D eigenvalue weighted by atomic mass is 10.0. The van der Waals surface area contributed by atoms with Crippen molar-refractivity contribution in [2.45, 2.75) is 0 Å². The molecule has 0 radical (unpaired) electrons. The number of hydrogen-bond donors (Lipinski definition) is 0. The predicted octanol–water partition coefficient (Wildman–Crippen LogP) is 12.0. The Bertz CT molecular complexity index is 3590. The second-order valence-corrected chi connectivity index (χ2v) is 14.6. The molecule has 7 heteroatoms. The third-order valence-electron chi connectivity index (χ3n) is 10.9. The zero-order chi connectivity index (χ0) is 33.7. The number of fused-ring (bicyclic) bond motifs is 7. The molecule has 13 aromatic rings. The highest BCUT2D eigenvalue weighted by molar-refractivity contribution is 7.26. The lowest BCUT2D eigenvalue weighted by Gasteiger charge is -2.12. The largest absolute Gasteiger partial charge is 0.456 e. The van der Waals surface area contributed by atoms with E-state index in [9.17, 15) is 0 Å². The standard InChI is InChI=1S/C45H23N5OS/c1-2-10-24(11-3-1)43-46-44(28-14-8-19-34-37(28)27-13-5-7-18-33(27)51-34)48-45(47-43)50-31-17-9-16-30-38(31)39-32(50)21-23-35-40(39)41-36(52-35)22-20-26-25-12-4-6-15-29(25)49(30)42(26)41/h1-23H. The molecule has 13 rings (SSSR count). The third-order valence-corrected chi connectivity index (χ3v) is 12.0. The maximum Gasteiger partial charge on any atom is 0.238 e. The zero-order valence-electron chi connectivity index (χ0n) is 27.3. The quantitative estimate of drug-likeness (QED) is 0.186. The summed E-state index contributed by atoms with van der Waals surface area (Å²) in [7, 11) is 0. The number of para-hydroxylation sites is 2. The molecule has 52 heavy (non-hydrogen) atoms. The lowest BCUT2D eigenvalue weighted by Crippen LogP contribution is -2.06. The molecule has 0 saturated heterocycles. The van der Waals surface area contributed by atoms with E-state index in [1.807, 2.05) is 59.9 Å². The first-order valence-electron chi connectivity index (χ1n) is 17.4. The van der Waals surface area contributed by atoms with Crippen LogP contribution in [0.5, 0.6) is 0 Å². The van der Waals surface area contributed by atoms with Gasteiger partial charge in [0.25, 0.3) is 0 Å². The molecule has 0 aliphatic heterocycles. The van der Waals surface area contributed by atoms with Gasteiger partial charge in [-0.2, -0.15) is 9.97 Å². The molecule has 6 aromatic heterocycles. The second kappa shape index (κ2) is 9.48. The van der Waals surface area contributed by atoms with E-state index in [-0.39, 0.29) is 0 Å². The van der Waals surface area contributed by atoms with Gasteiger partial charge in [-0.05, 0) is 48.5 Å². The molecule has 6 heterocycles. The third kappa shape index (κ3) is 3.27. The van der Waals surface area contributed by atoms with Crippen molar-refractivity contribution in [2.75, 3.05) is 0 Å². The minimum absolute atomic E-state index is 0.577. The molecular weight excluding hydrogens is 659 g/mol. The summed E-state index contributed by atoms with van der Waals surface area (Å²) in [6.45, 7) is 0. The van der Waals surface area contributed by atoms with E-state index in [0.29, 0.717) is 17.6 Å². The molecule has 0 atom stereocenters. The number of benzene rings is 7. The van der Waals surface area contributed by atoms with E-state index >= 15 is 0 Å². The van der Waals surface area contributed by atoms with E-state index in [1.165, 1.54) is 58.3 Å². The highest BCUT2D eigenvalue weighted by Crippen LogP contribution is 2.50. The van der Waals surface area contributed by atoms with Crippen LogP contribution in [0.3, 0.4) is 0 Å². The Labute approximate surface area is 298 Å². The fourth-order valence-corrected chi connectivity index (χ4v) is 9.96. The highest BCUT2D eigenvalue weighted by atomic mass is 32.1. The normalized spacial score (nSPS) is 12.6. The van der Waals surface area contributed by atoms with Gasteiger partial charge in [0.1, 0.15) is 11.2 Å². The molecule has 0 bridgehead atoms. The van der Waals surface area contributed by atoms with Gasteiger partial charge in [0.2, 0.25) is 5.95 Å². The first-order valence-corrected chi connectivity index (χ1v) is 18.2.